The largest absolute Gasteiger partial charge is 0.352 e. The molecule has 0 aliphatic carbocycles. The van der Waals surface area contributed by atoms with E-state index >= 15 is 0 Å². The Bertz CT molecular complexity index is 1080. The van der Waals surface area contributed by atoms with Crippen molar-refractivity contribution in [2.24, 2.45) is 0 Å². The molecule has 162 valence electrons. The highest BCUT2D eigenvalue weighted by Gasteiger charge is 2.15. The zero-order valence-corrected chi connectivity index (χ0v) is 19.5. The van der Waals surface area contributed by atoms with E-state index in [1.165, 1.54) is 17.8 Å². The summed E-state index contributed by atoms with van der Waals surface area (Å²) in [4.78, 5) is 24.7. The fraction of sp³-hybridized carbons (Fsp3) is 0.273. The van der Waals surface area contributed by atoms with E-state index < -0.39 is 0 Å². The Morgan fingerprint density at radius 3 is 2.42 bits per heavy atom. The average Bonchev–Trinajstić information content (AvgIpc) is 3.16. The van der Waals surface area contributed by atoms with Crippen molar-refractivity contribution in [3.8, 4) is 0 Å². The van der Waals surface area contributed by atoms with Gasteiger partial charge in [-0.15, -0.1) is 10.2 Å². The molecule has 0 atom stereocenters. The number of Topliss-reactive ketones (excluding diaryl/α,β-unsaturated/α-hetero) is 1. The van der Waals surface area contributed by atoms with E-state index in [1.54, 1.807) is 12.1 Å². The van der Waals surface area contributed by atoms with Gasteiger partial charge in [-0.25, -0.2) is 0 Å². The molecule has 1 N–H and O–H groups in total. The molecule has 3 aromatic rings. The molecular formula is C22H22Cl2N4O2S. The minimum Gasteiger partial charge on any atom is -0.352 e. The molecule has 0 aliphatic heterocycles. The molecule has 1 heterocycles. The second-order valence-electron chi connectivity index (χ2n) is 6.86. The Labute approximate surface area is 195 Å². The second-order valence-corrected chi connectivity index (χ2v) is 8.61. The minimum atomic E-state index is -0.237. The molecule has 1 amide bonds. The number of halogens is 2. The molecular weight excluding hydrogens is 455 g/mol. The number of thioether (sulfide) groups is 1. The van der Waals surface area contributed by atoms with Crippen molar-refractivity contribution in [3.63, 3.8) is 0 Å². The van der Waals surface area contributed by atoms with E-state index in [-0.39, 0.29) is 17.4 Å². The van der Waals surface area contributed by atoms with Crippen LogP contribution in [0.2, 0.25) is 10.0 Å². The van der Waals surface area contributed by atoms with Crippen LogP contribution in [0.5, 0.6) is 0 Å². The Kier molecular flexibility index (Phi) is 8.12. The molecule has 0 bridgehead atoms. The fourth-order valence-electron chi connectivity index (χ4n) is 2.91. The number of amides is 1. The maximum absolute atomic E-state index is 12.4. The number of aromatic nitrogens is 3. The van der Waals surface area contributed by atoms with Crippen LogP contribution in [0.4, 0.5) is 0 Å². The number of carbonyl (C=O) groups is 2. The lowest BCUT2D eigenvalue weighted by Gasteiger charge is -2.08. The van der Waals surface area contributed by atoms with E-state index in [1.807, 2.05) is 42.7 Å². The molecule has 0 saturated carbocycles. The van der Waals surface area contributed by atoms with Gasteiger partial charge in [-0.3, -0.25) is 9.59 Å². The van der Waals surface area contributed by atoms with Gasteiger partial charge >= 0.3 is 0 Å². The van der Waals surface area contributed by atoms with E-state index in [2.05, 4.69) is 15.5 Å². The highest BCUT2D eigenvalue weighted by Crippen LogP contribution is 2.22. The predicted octanol–water partition coefficient (Wildman–Crippen LogP) is 4.86. The number of rotatable bonds is 9. The minimum absolute atomic E-state index is 0.0473. The first kappa shape index (κ1) is 23.3. The summed E-state index contributed by atoms with van der Waals surface area (Å²) in [5.74, 6) is 0.850. The van der Waals surface area contributed by atoms with E-state index in [0.717, 1.165) is 11.4 Å². The topological polar surface area (TPSA) is 76.9 Å². The SMILES string of the molecule is CCn1c(CCNC(=O)c2ccc(Cl)c(Cl)c2)nnc1SCC(=O)c1ccc(C)cc1. The zero-order chi connectivity index (χ0) is 22.4. The van der Waals surface area contributed by atoms with Crippen LogP contribution in [0.25, 0.3) is 0 Å². The Morgan fingerprint density at radius 2 is 1.74 bits per heavy atom. The third kappa shape index (κ3) is 6.09. The maximum atomic E-state index is 12.4. The number of aryl methyl sites for hydroxylation is 1. The van der Waals surface area contributed by atoms with Gasteiger partial charge in [0.1, 0.15) is 5.82 Å². The second kappa shape index (κ2) is 10.8. The van der Waals surface area contributed by atoms with Crippen molar-refractivity contribution < 1.29 is 9.59 Å². The summed E-state index contributed by atoms with van der Waals surface area (Å²) in [6, 6.07) is 12.3. The number of benzene rings is 2. The summed E-state index contributed by atoms with van der Waals surface area (Å²) in [5.41, 5.74) is 2.24. The monoisotopic (exact) mass is 476 g/mol. The first-order valence-corrected chi connectivity index (χ1v) is 11.5. The standard InChI is InChI=1S/C22H22Cl2N4O2S/c1-3-28-20(10-11-25-21(30)16-8-9-17(23)18(24)12-16)26-27-22(28)31-13-19(29)15-6-4-14(2)5-7-15/h4-9,12H,3,10-11,13H2,1-2H3,(H,25,30). The molecule has 9 heteroatoms. The number of hydrogen-bond acceptors (Lipinski definition) is 5. The highest BCUT2D eigenvalue weighted by atomic mass is 35.5. The molecule has 0 fully saturated rings. The summed E-state index contributed by atoms with van der Waals surface area (Å²) in [5, 5.41) is 12.7. The van der Waals surface area contributed by atoms with Gasteiger partial charge < -0.3 is 9.88 Å². The van der Waals surface area contributed by atoms with Crippen molar-refractivity contribution in [1.82, 2.24) is 20.1 Å². The van der Waals surface area contributed by atoms with Crippen LogP contribution in [-0.4, -0.2) is 38.8 Å². The van der Waals surface area contributed by atoms with Crippen molar-refractivity contribution in [3.05, 3.63) is 75.0 Å². The smallest absolute Gasteiger partial charge is 0.251 e. The van der Waals surface area contributed by atoms with Crippen LogP contribution in [0, 0.1) is 6.92 Å². The Hall–Kier alpha value is -2.35. The molecule has 0 aliphatic rings. The number of hydrogen-bond donors (Lipinski definition) is 1. The normalized spacial score (nSPS) is 10.8. The Balaban J connectivity index is 1.55. The van der Waals surface area contributed by atoms with Crippen molar-refractivity contribution in [2.75, 3.05) is 12.3 Å². The summed E-state index contributed by atoms with van der Waals surface area (Å²) in [6.45, 7) is 5.04. The van der Waals surface area contributed by atoms with Crippen LogP contribution in [-0.2, 0) is 13.0 Å². The first-order chi connectivity index (χ1) is 14.9. The number of carbonyl (C=O) groups excluding carboxylic acids is 2. The molecule has 0 spiro atoms. The van der Waals surface area contributed by atoms with Crippen molar-refractivity contribution in [2.45, 2.75) is 32.0 Å². The molecule has 6 nitrogen and oxygen atoms in total. The number of ketones is 1. The van der Waals surface area contributed by atoms with Gasteiger partial charge in [0.05, 0.1) is 15.8 Å². The van der Waals surface area contributed by atoms with Gasteiger partial charge in [0.25, 0.3) is 5.91 Å². The predicted molar refractivity (Wildman–Crippen MR) is 124 cm³/mol. The van der Waals surface area contributed by atoms with Gasteiger partial charge in [-0.05, 0) is 32.0 Å². The molecule has 0 saturated heterocycles. The number of nitrogens with zero attached hydrogens (tertiary/aromatic N) is 3. The van der Waals surface area contributed by atoms with Gasteiger partial charge in [-0.1, -0.05) is 64.8 Å². The summed E-state index contributed by atoms with van der Waals surface area (Å²) in [7, 11) is 0. The third-order valence-corrected chi connectivity index (χ3v) is 6.34. The van der Waals surface area contributed by atoms with Crippen LogP contribution >= 0.6 is 35.0 Å². The Morgan fingerprint density at radius 1 is 1.03 bits per heavy atom. The molecule has 1 aromatic heterocycles. The molecule has 2 aromatic carbocycles. The maximum Gasteiger partial charge on any atom is 0.251 e. The van der Waals surface area contributed by atoms with Gasteiger partial charge in [0.15, 0.2) is 10.9 Å². The molecule has 3 rings (SSSR count). The van der Waals surface area contributed by atoms with Crippen LogP contribution in [0.3, 0.4) is 0 Å². The average molecular weight is 477 g/mol. The van der Waals surface area contributed by atoms with Crippen LogP contribution in [0.1, 0.15) is 39.0 Å². The summed E-state index contributed by atoms with van der Waals surface area (Å²) >= 11 is 13.2. The summed E-state index contributed by atoms with van der Waals surface area (Å²) < 4.78 is 1.96. The number of nitrogens with one attached hydrogen (secondary N) is 1. The lowest BCUT2D eigenvalue weighted by Crippen LogP contribution is -2.26. The fourth-order valence-corrected chi connectivity index (χ4v) is 4.12. The van der Waals surface area contributed by atoms with E-state index in [4.69, 9.17) is 23.2 Å². The highest BCUT2D eigenvalue weighted by molar-refractivity contribution is 7.99. The van der Waals surface area contributed by atoms with Crippen LogP contribution in [0.15, 0.2) is 47.6 Å². The van der Waals surface area contributed by atoms with Gasteiger partial charge in [-0.2, -0.15) is 0 Å². The molecule has 0 radical (unpaired) electrons. The van der Waals surface area contributed by atoms with Gasteiger partial charge in [0, 0.05) is 30.6 Å². The van der Waals surface area contributed by atoms with Crippen molar-refractivity contribution in [1.29, 1.82) is 0 Å². The van der Waals surface area contributed by atoms with Crippen molar-refractivity contribution >= 4 is 46.7 Å². The molecule has 0 unspecified atom stereocenters. The quantitative estimate of drug-likeness (QED) is 0.352. The zero-order valence-electron chi connectivity index (χ0n) is 17.2. The van der Waals surface area contributed by atoms with E-state index in [9.17, 15) is 9.59 Å². The third-order valence-electron chi connectivity index (χ3n) is 4.63. The summed E-state index contributed by atoms with van der Waals surface area (Å²) in [6.07, 6.45) is 0.514. The lowest BCUT2D eigenvalue weighted by atomic mass is 10.1. The molecule has 31 heavy (non-hydrogen) atoms. The van der Waals surface area contributed by atoms with Crippen LogP contribution < -0.4 is 5.32 Å². The van der Waals surface area contributed by atoms with Gasteiger partial charge in [0.2, 0.25) is 0 Å². The van der Waals surface area contributed by atoms with E-state index in [0.29, 0.717) is 45.8 Å². The lowest BCUT2D eigenvalue weighted by molar-refractivity contribution is 0.0953. The first-order valence-electron chi connectivity index (χ1n) is 9.77.